The molecule has 0 heterocycles. The molecule has 1 aromatic carbocycles. The van der Waals surface area contributed by atoms with E-state index in [9.17, 15) is 0 Å². The lowest BCUT2D eigenvalue weighted by atomic mass is 10.1. The molecule has 0 saturated carbocycles. The van der Waals surface area contributed by atoms with Crippen LogP contribution in [0.15, 0.2) is 34.1 Å². The van der Waals surface area contributed by atoms with E-state index in [2.05, 4.69) is 6.07 Å². The minimum Gasteiger partial charge on any atom is -0.398 e. The van der Waals surface area contributed by atoms with Crippen molar-refractivity contribution >= 4 is 29.2 Å². The van der Waals surface area contributed by atoms with Gasteiger partial charge in [-0.05, 0) is 24.6 Å². The Labute approximate surface area is 98.5 Å². The van der Waals surface area contributed by atoms with Gasteiger partial charge in [-0.2, -0.15) is 5.26 Å². The van der Waals surface area contributed by atoms with Gasteiger partial charge in [0.2, 0.25) is 0 Å². The molecule has 0 radical (unpaired) electrons. The van der Waals surface area contributed by atoms with Crippen LogP contribution >= 0.6 is 23.5 Å². The van der Waals surface area contributed by atoms with Crippen molar-refractivity contribution in [3.63, 3.8) is 0 Å². The molecule has 15 heavy (non-hydrogen) atoms. The second kappa shape index (κ2) is 5.74. The fourth-order valence-corrected chi connectivity index (χ4v) is 2.35. The smallest absolute Gasteiger partial charge is 0.0933 e. The number of hydrogen-bond acceptors (Lipinski definition) is 4. The van der Waals surface area contributed by atoms with E-state index in [1.807, 2.05) is 30.7 Å². The SMILES string of the molecule is CSc1ccc(/C(N)=C/C#N)c(SC)c1. The third-order valence-electron chi connectivity index (χ3n) is 1.94. The molecule has 1 rings (SSSR count). The third kappa shape index (κ3) is 2.95. The molecule has 0 atom stereocenters. The maximum atomic E-state index is 8.55. The molecule has 0 bridgehead atoms. The molecule has 2 nitrogen and oxygen atoms in total. The zero-order valence-corrected chi connectivity index (χ0v) is 10.3. The topological polar surface area (TPSA) is 49.8 Å². The van der Waals surface area contributed by atoms with E-state index in [4.69, 9.17) is 11.0 Å². The first-order chi connectivity index (χ1) is 7.22. The number of benzene rings is 1. The molecule has 0 fully saturated rings. The quantitative estimate of drug-likeness (QED) is 0.647. The standard InChI is InChI=1S/C11H12N2S2/c1-14-8-3-4-9(10(13)5-6-12)11(7-8)15-2/h3-5,7H,13H2,1-2H3/b10-5-. The number of nitrogens with zero attached hydrogens (tertiary/aromatic N) is 1. The third-order valence-corrected chi connectivity index (χ3v) is 3.44. The summed E-state index contributed by atoms with van der Waals surface area (Å²) in [6.07, 6.45) is 5.41. The first-order valence-electron chi connectivity index (χ1n) is 4.30. The minimum atomic E-state index is 0.523. The zero-order valence-electron chi connectivity index (χ0n) is 8.65. The van der Waals surface area contributed by atoms with Crippen molar-refractivity contribution < 1.29 is 0 Å². The van der Waals surface area contributed by atoms with E-state index in [0.717, 1.165) is 10.5 Å². The molecule has 0 amide bonds. The van der Waals surface area contributed by atoms with Gasteiger partial charge in [-0.25, -0.2) is 0 Å². The van der Waals surface area contributed by atoms with Crippen LogP contribution in [0, 0.1) is 11.3 Å². The highest BCUT2D eigenvalue weighted by Crippen LogP contribution is 2.28. The Balaban J connectivity index is 3.20. The summed E-state index contributed by atoms with van der Waals surface area (Å²) in [5, 5.41) is 8.55. The van der Waals surface area contributed by atoms with Crippen molar-refractivity contribution in [2.75, 3.05) is 12.5 Å². The Morgan fingerprint density at radius 3 is 2.67 bits per heavy atom. The number of rotatable bonds is 3. The molecular weight excluding hydrogens is 224 g/mol. The fraction of sp³-hybridized carbons (Fsp3) is 0.182. The maximum Gasteiger partial charge on any atom is 0.0933 e. The predicted molar refractivity (Wildman–Crippen MR) is 67.8 cm³/mol. The van der Waals surface area contributed by atoms with Gasteiger partial charge >= 0.3 is 0 Å². The van der Waals surface area contributed by atoms with Gasteiger partial charge in [-0.1, -0.05) is 6.07 Å². The van der Waals surface area contributed by atoms with Crippen LogP contribution in [0.3, 0.4) is 0 Å². The number of thioether (sulfide) groups is 2. The molecule has 2 N–H and O–H groups in total. The second-order valence-corrected chi connectivity index (χ2v) is 4.52. The molecule has 78 valence electrons. The highest BCUT2D eigenvalue weighted by atomic mass is 32.2. The molecule has 0 saturated heterocycles. The number of hydrogen-bond donors (Lipinski definition) is 1. The van der Waals surface area contributed by atoms with Crippen LogP contribution in [-0.2, 0) is 0 Å². The van der Waals surface area contributed by atoms with Gasteiger partial charge in [-0.15, -0.1) is 23.5 Å². The van der Waals surface area contributed by atoms with Crippen molar-refractivity contribution in [2.45, 2.75) is 9.79 Å². The average Bonchev–Trinajstić information content (AvgIpc) is 2.28. The summed E-state index contributed by atoms with van der Waals surface area (Å²) in [5.74, 6) is 0. The van der Waals surface area contributed by atoms with Gasteiger partial charge in [0.1, 0.15) is 0 Å². The summed E-state index contributed by atoms with van der Waals surface area (Å²) < 4.78 is 0. The molecular formula is C11H12N2S2. The lowest BCUT2D eigenvalue weighted by Crippen LogP contribution is -1.97. The molecule has 0 unspecified atom stereocenters. The van der Waals surface area contributed by atoms with E-state index in [1.54, 1.807) is 23.5 Å². The van der Waals surface area contributed by atoms with Gasteiger partial charge in [0.05, 0.1) is 11.8 Å². The number of nitriles is 1. The molecule has 0 aliphatic rings. The summed E-state index contributed by atoms with van der Waals surface area (Å²) in [7, 11) is 0. The summed E-state index contributed by atoms with van der Waals surface area (Å²) >= 11 is 3.33. The van der Waals surface area contributed by atoms with Crippen molar-refractivity contribution in [3.8, 4) is 6.07 Å². The van der Waals surface area contributed by atoms with Crippen LogP contribution in [0.5, 0.6) is 0 Å². The monoisotopic (exact) mass is 236 g/mol. The Morgan fingerprint density at radius 2 is 2.13 bits per heavy atom. The second-order valence-electron chi connectivity index (χ2n) is 2.79. The van der Waals surface area contributed by atoms with E-state index in [1.165, 1.54) is 11.0 Å². The van der Waals surface area contributed by atoms with Gasteiger partial charge in [0.25, 0.3) is 0 Å². The largest absolute Gasteiger partial charge is 0.398 e. The van der Waals surface area contributed by atoms with Crippen LogP contribution < -0.4 is 5.73 Å². The van der Waals surface area contributed by atoms with Gasteiger partial charge in [-0.3, -0.25) is 0 Å². The average molecular weight is 236 g/mol. The van der Waals surface area contributed by atoms with Crippen molar-refractivity contribution in [2.24, 2.45) is 5.73 Å². The van der Waals surface area contributed by atoms with Crippen LogP contribution in [0.25, 0.3) is 5.70 Å². The van der Waals surface area contributed by atoms with E-state index < -0.39 is 0 Å². The summed E-state index contributed by atoms with van der Waals surface area (Å²) in [6.45, 7) is 0. The number of allylic oxidation sites excluding steroid dienone is 1. The predicted octanol–water partition coefficient (Wildman–Crippen LogP) is 2.95. The first-order valence-corrected chi connectivity index (χ1v) is 6.75. The van der Waals surface area contributed by atoms with Crippen molar-refractivity contribution in [3.05, 3.63) is 29.8 Å². The van der Waals surface area contributed by atoms with E-state index >= 15 is 0 Å². The lowest BCUT2D eigenvalue weighted by Gasteiger charge is -2.08. The highest BCUT2D eigenvalue weighted by molar-refractivity contribution is 7.99. The van der Waals surface area contributed by atoms with E-state index in [-0.39, 0.29) is 0 Å². The molecule has 0 aromatic heterocycles. The highest BCUT2D eigenvalue weighted by Gasteiger charge is 2.05. The normalized spacial score (nSPS) is 11.1. The molecule has 0 aliphatic carbocycles. The fourth-order valence-electron chi connectivity index (χ4n) is 1.18. The molecule has 0 spiro atoms. The Hall–Kier alpha value is -1.05. The van der Waals surface area contributed by atoms with E-state index in [0.29, 0.717) is 5.70 Å². The van der Waals surface area contributed by atoms with Crippen molar-refractivity contribution in [1.29, 1.82) is 5.26 Å². The number of nitrogens with two attached hydrogens (primary N) is 1. The van der Waals surface area contributed by atoms with Crippen LogP contribution in [0.4, 0.5) is 0 Å². The Morgan fingerprint density at radius 1 is 1.40 bits per heavy atom. The summed E-state index contributed by atoms with van der Waals surface area (Å²) in [5.41, 5.74) is 7.25. The maximum absolute atomic E-state index is 8.55. The molecule has 1 aromatic rings. The van der Waals surface area contributed by atoms with Gasteiger partial charge in [0.15, 0.2) is 0 Å². The summed E-state index contributed by atoms with van der Waals surface area (Å²) in [4.78, 5) is 2.30. The van der Waals surface area contributed by atoms with Crippen LogP contribution in [0.2, 0.25) is 0 Å². The minimum absolute atomic E-state index is 0.523. The van der Waals surface area contributed by atoms with Crippen molar-refractivity contribution in [1.82, 2.24) is 0 Å². The molecule has 4 heteroatoms. The van der Waals surface area contributed by atoms with Gasteiger partial charge in [0, 0.05) is 21.4 Å². The first kappa shape index (κ1) is 12.0. The summed E-state index contributed by atoms with van der Waals surface area (Å²) in [6, 6.07) is 8.00. The Bertz CT molecular complexity index is 419. The molecule has 0 aliphatic heterocycles. The zero-order chi connectivity index (χ0) is 11.3. The lowest BCUT2D eigenvalue weighted by molar-refractivity contribution is 1.28. The van der Waals surface area contributed by atoms with Gasteiger partial charge < -0.3 is 5.73 Å². The Kier molecular flexibility index (Phi) is 4.60. The van der Waals surface area contributed by atoms with Crippen LogP contribution in [0.1, 0.15) is 5.56 Å². The van der Waals surface area contributed by atoms with Crippen LogP contribution in [-0.4, -0.2) is 12.5 Å².